The minimum absolute atomic E-state index is 0.494. The van der Waals surface area contributed by atoms with Crippen LogP contribution in [0.5, 0.6) is 0 Å². The van der Waals surface area contributed by atoms with Gasteiger partial charge in [-0.15, -0.1) is 0 Å². The van der Waals surface area contributed by atoms with Crippen LogP contribution >= 0.6 is 0 Å². The lowest BCUT2D eigenvalue weighted by Crippen LogP contribution is -2.45. The van der Waals surface area contributed by atoms with Crippen LogP contribution < -0.4 is 10.6 Å². The van der Waals surface area contributed by atoms with Crippen molar-refractivity contribution in [2.75, 3.05) is 19.6 Å². The second kappa shape index (κ2) is 9.19. The first kappa shape index (κ1) is 18.9. The first-order valence-electron chi connectivity index (χ1n) is 10.5. The van der Waals surface area contributed by atoms with Gasteiger partial charge in [0.1, 0.15) is 12.7 Å². The van der Waals surface area contributed by atoms with E-state index in [0.717, 1.165) is 30.8 Å². The van der Waals surface area contributed by atoms with Crippen molar-refractivity contribution in [3.63, 3.8) is 0 Å². The van der Waals surface area contributed by atoms with Crippen molar-refractivity contribution in [1.29, 1.82) is 0 Å². The minimum Gasteiger partial charge on any atom is -0.357 e. The summed E-state index contributed by atoms with van der Waals surface area (Å²) in [6, 6.07) is 9.61. The highest BCUT2D eigenvalue weighted by molar-refractivity contribution is 5.80. The molecule has 28 heavy (non-hydrogen) atoms. The Labute approximate surface area is 167 Å². The zero-order valence-electron chi connectivity index (χ0n) is 16.7. The molecule has 0 radical (unpaired) electrons. The summed E-state index contributed by atoms with van der Waals surface area (Å²) in [4.78, 5) is 11.5. The Morgan fingerprint density at radius 1 is 1.18 bits per heavy atom. The lowest BCUT2D eigenvalue weighted by Gasteiger charge is -2.24. The number of aromatic nitrogens is 3. The topological polar surface area (TPSA) is 70.4 Å². The number of nitrogens with zero attached hydrogens (tertiary/aromatic N) is 5. The molecule has 1 atom stereocenters. The molecule has 1 unspecified atom stereocenters. The van der Waals surface area contributed by atoms with Crippen LogP contribution in [0.15, 0.2) is 41.9 Å². The number of nitrogens with one attached hydrogen (secondary N) is 2. The van der Waals surface area contributed by atoms with Crippen LogP contribution in [-0.2, 0) is 6.54 Å². The summed E-state index contributed by atoms with van der Waals surface area (Å²) in [6.07, 6.45) is 10.0. The predicted octanol–water partition coefficient (Wildman–Crippen LogP) is 2.34. The third kappa shape index (κ3) is 4.70. The number of guanidine groups is 1. The molecule has 4 rings (SSSR count). The predicted molar refractivity (Wildman–Crippen MR) is 112 cm³/mol. The van der Waals surface area contributed by atoms with Gasteiger partial charge in [-0.3, -0.25) is 4.90 Å². The van der Waals surface area contributed by atoms with Crippen LogP contribution in [0.4, 0.5) is 0 Å². The van der Waals surface area contributed by atoms with Gasteiger partial charge in [-0.05, 0) is 43.9 Å². The van der Waals surface area contributed by atoms with E-state index in [-0.39, 0.29) is 0 Å². The molecule has 1 aliphatic heterocycles. The summed E-state index contributed by atoms with van der Waals surface area (Å²) >= 11 is 0. The van der Waals surface area contributed by atoms with Crippen LogP contribution in [0, 0.1) is 0 Å². The fourth-order valence-electron chi connectivity index (χ4n) is 4.29. The largest absolute Gasteiger partial charge is 0.357 e. The Balaban J connectivity index is 1.33. The van der Waals surface area contributed by atoms with Crippen molar-refractivity contribution in [2.45, 2.75) is 57.7 Å². The van der Waals surface area contributed by atoms with Gasteiger partial charge in [0.25, 0.3) is 0 Å². The second-order valence-electron chi connectivity index (χ2n) is 7.76. The van der Waals surface area contributed by atoms with Crippen LogP contribution in [0.25, 0.3) is 5.69 Å². The van der Waals surface area contributed by atoms with E-state index >= 15 is 0 Å². The van der Waals surface area contributed by atoms with E-state index in [1.54, 1.807) is 17.3 Å². The van der Waals surface area contributed by atoms with Gasteiger partial charge in [0.15, 0.2) is 5.96 Å². The lowest BCUT2D eigenvalue weighted by atomic mass is 10.2. The van der Waals surface area contributed by atoms with E-state index in [1.807, 2.05) is 0 Å². The molecule has 1 aromatic heterocycles. The number of hydrogen-bond donors (Lipinski definition) is 2. The summed E-state index contributed by atoms with van der Waals surface area (Å²) in [6.45, 7) is 6.00. The monoisotopic (exact) mass is 381 g/mol. The van der Waals surface area contributed by atoms with Crippen LogP contribution in [0.1, 0.15) is 44.6 Å². The average molecular weight is 382 g/mol. The standard InChI is InChI=1S/C21H31N7/c1-2-23-21(26-18-11-12-27(14-18)19-5-3-4-6-19)24-13-17-7-9-20(10-8-17)28-16-22-15-25-28/h7-10,15-16,18-19H,2-6,11-14H2,1H3,(H2,23,24,26). The maximum Gasteiger partial charge on any atom is 0.191 e. The quantitative estimate of drug-likeness (QED) is 0.594. The molecule has 2 fully saturated rings. The van der Waals surface area contributed by atoms with E-state index in [4.69, 9.17) is 4.99 Å². The van der Waals surface area contributed by atoms with Crippen molar-refractivity contribution in [1.82, 2.24) is 30.3 Å². The zero-order chi connectivity index (χ0) is 19.2. The van der Waals surface area contributed by atoms with Gasteiger partial charge in [0, 0.05) is 31.7 Å². The normalized spacial score (nSPS) is 21.3. The van der Waals surface area contributed by atoms with Crippen molar-refractivity contribution in [3.8, 4) is 5.69 Å². The molecule has 7 nitrogen and oxygen atoms in total. The van der Waals surface area contributed by atoms with E-state index in [1.165, 1.54) is 44.2 Å². The fraction of sp³-hybridized carbons (Fsp3) is 0.571. The molecule has 1 aromatic carbocycles. The van der Waals surface area contributed by atoms with Gasteiger partial charge in [0.2, 0.25) is 0 Å². The molecule has 1 saturated heterocycles. The van der Waals surface area contributed by atoms with Crippen molar-refractivity contribution < 1.29 is 0 Å². The molecule has 2 heterocycles. The van der Waals surface area contributed by atoms with Crippen molar-refractivity contribution in [3.05, 3.63) is 42.5 Å². The molecule has 0 amide bonds. The fourth-order valence-corrected chi connectivity index (χ4v) is 4.29. The number of aliphatic imine (C=N–C) groups is 1. The van der Waals surface area contributed by atoms with Crippen LogP contribution in [0.3, 0.4) is 0 Å². The molecule has 150 valence electrons. The number of hydrogen-bond acceptors (Lipinski definition) is 4. The first-order valence-corrected chi connectivity index (χ1v) is 10.5. The third-order valence-electron chi connectivity index (χ3n) is 5.79. The summed E-state index contributed by atoms with van der Waals surface area (Å²) in [7, 11) is 0. The zero-order valence-corrected chi connectivity index (χ0v) is 16.7. The Kier molecular flexibility index (Phi) is 6.21. The molecule has 7 heteroatoms. The van der Waals surface area contributed by atoms with Crippen LogP contribution in [0.2, 0.25) is 0 Å². The van der Waals surface area contributed by atoms with Gasteiger partial charge in [-0.2, -0.15) is 5.10 Å². The maximum atomic E-state index is 4.80. The van der Waals surface area contributed by atoms with E-state index in [9.17, 15) is 0 Å². The third-order valence-corrected chi connectivity index (χ3v) is 5.79. The molecular formula is C21H31N7. The van der Waals surface area contributed by atoms with Crippen molar-refractivity contribution in [2.24, 2.45) is 4.99 Å². The Hall–Kier alpha value is -2.41. The lowest BCUT2D eigenvalue weighted by molar-refractivity contribution is 0.242. The Bertz CT molecular complexity index is 748. The van der Waals surface area contributed by atoms with E-state index in [0.29, 0.717) is 12.6 Å². The number of rotatable bonds is 6. The van der Waals surface area contributed by atoms with E-state index < -0.39 is 0 Å². The second-order valence-corrected chi connectivity index (χ2v) is 7.76. The van der Waals surface area contributed by atoms with Crippen LogP contribution in [-0.4, -0.2) is 57.3 Å². The highest BCUT2D eigenvalue weighted by atomic mass is 15.3. The smallest absolute Gasteiger partial charge is 0.191 e. The van der Waals surface area contributed by atoms with Gasteiger partial charge in [-0.25, -0.2) is 14.7 Å². The highest BCUT2D eigenvalue weighted by Crippen LogP contribution is 2.26. The molecule has 2 N–H and O–H groups in total. The summed E-state index contributed by atoms with van der Waals surface area (Å²) in [5.41, 5.74) is 2.19. The Morgan fingerprint density at radius 2 is 2.00 bits per heavy atom. The average Bonchev–Trinajstić information content (AvgIpc) is 3.49. The first-order chi connectivity index (χ1) is 13.8. The van der Waals surface area contributed by atoms with E-state index in [2.05, 4.69) is 56.8 Å². The van der Waals surface area contributed by atoms with Gasteiger partial charge >= 0.3 is 0 Å². The molecule has 0 bridgehead atoms. The number of benzene rings is 1. The summed E-state index contributed by atoms with van der Waals surface area (Å²) in [5, 5.41) is 11.2. The number of likely N-dealkylation sites (tertiary alicyclic amines) is 1. The minimum atomic E-state index is 0.494. The van der Waals surface area contributed by atoms with Crippen molar-refractivity contribution >= 4 is 5.96 Å². The van der Waals surface area contributed by atoms with Gasteiger partial charge < -0.3 is 10.6 Å². The van der Waals surface area contributed by atoms with Gasteiger partial charge in [0.05, 0.1) is 12.2 Å². The molecule has 2 aromatic rings. The molecule has 1 saturated carbocycles. The summed E-state index contributed by atoms with van der Waals surface area (Å²) < 4.78 is 1.76. The SMILES string of the molecule is CCNC(=NCc1ccc(-n2cncn2)cc1)NC1CCN(C2CCCC2)C1. The summed E-state index contributed by atoms with van der Waals surface area (Å²) in [5.74, 6) is 0.918. The molecule has 1 aliphatic carbocycles. The maximum absolute atomic E-state index is 4.80. The molecule has 2 aliphatic rings. The molecule has 0 spiro atoms. The Morgan fingerprint density at radius 3 is 2.71 bits per heavy atom. The highest BCUT2D eigenvalue weighted by Gasteiger charge is 2.30. The van der Waals surface area contributed by atoms with Gasteiger partial charge in [-0.1, -0.05) is 25.0 Å². The molecular weight excluding hydrogens is 350 g/mol.